The number of amides is 1. The molecule has 0 spiro atoms. The van der Waals surface area contributed by atoms with Crippen LogP contribution in [-0.2, 0) is 13.2 Å². The van der Waals surface area contributed by atoms with Crippen molar-refractivity contribution in [3.8, 4) is 5.75 Å². The summed E-state index contributed by atoms with van der Waals surface area (Å²) in [7, 11) is 4.00. The largest absolute Gasteiger partial charge is 0.489 e. The molecule has 0 saturated heterocycles. The van der Waals surface area contributed by atoms with Crippen molar-refractivity contribution in [3.63, 3.8) is 0 Å². The molecule has 0 aromatic heterocycles. The Hall–Kier alpha value is -3.27. The summed E-state index contributed by atoms with van der Waals surface area (Å²) in [5.41, 5.74) is 3.85. The summed E-state index contributed by atoms with van der Waals surface area (Å²) in [6.07, 6.45) is 0. The van der Waals surface area contributed by atoms with Crippen LogP contribution in [0.15, 0.2) is 78.9 Å². The number of rotatable bonds is 7. The predicted molar refractivity (Wildman–Crippen MR) is 109 cm³/mol. The molecule has 0 aliphatic rings. The van der Waals surface area contributed by atoms with Gasteiger partial charge in [0.25, 0.3) is 5.91 Å². The lowest BCUT2D eigenvalue weighted by atomic mass is 10.1. The van der Waals surface area contributed by atoms with E-state index in [2.05, 4.69) is 11.4 Å². The smallest absolute Gasteiger partial charge is 0.251 e. The highest BCUT2D eigenvalue weighted by Crippen LogP contribution is 2.14. The first-order valence-corrected chi connectivity index (χ1v) is 8.93. The van der Waals surface area contributed by atoms with Gasteiger partial charge in [-0.1, -0.05) is 42.5 Å². The van der Waals surface area contributed by atoms with Crippen molar-refractivity contribution >= 4 is 11.6 Å². The molecule has 4 nitrogen and oxygen atoms in total. The van der Waals surface area contributed by atoms with Crippen LogP contribution in [0.4, 0.5) is 5.69 Å². The highest BCUT2D eigenvalue weighted by molar-refractivity contribution is 5.94. The van der Waals surface area contributed by atoms with Crippen LogP contribution in [0.3, 0.4) is 0 Å². The Bertz CT molecular complexity index is 874. The molecule has 1 amide bonds. The Morgan fingerprint density at radius 1 is 0.889 bits per heavy atom. The molecule has 0 atom stereocenters. The highest BCUT2D eigenvalue weighted by Gasteiger charge is 2.06. The summed E-state index contributed by atoms with van der Waals surface area (Å²) in [5, 5.41) is 2.97. The summed E-state index contributed by atoms with van der Waals surface area (Å²) >= 11 is 0. The third kappa shape index (κ3) is 5.35. The van der Waals surface area contributed by atoms with Crippen molar-refractivity contribution in [2.45, 2.75) is 13.2 Å². The normalized spacial score (nSPS) is 10.3. The second-order valence-electron chi connectivity index (χ2n) is 6.55. The Morgan fingerprint density at radius 3 is 2.33 bits per heavy atom. The molecule has 0 aliphatic heterocycles. The molecule has 3 rings (SSSR count). The van der Waals surface area contributed by atoms with Crippen molar-refractivity contribution in [1.82, 2.24) is 5.32 Å². The number of carbonyl (C=O) groups excluding carboxylic acids is 1. The van der Waals surface area contributed by atoms with Crippen LogP contribution in [0.5, 0.6) is 5.75 Å². The van der Waals surface area contributed by atoms with E-state index in [1.54, 1.807) is 0 Å². The first kappa shape index (κ1) is 18.5. The van der Waals surface area contributed by atoms with Crippen molar-refractivity contribution in [2.24, 2.45) is 0 Å². The Morgan fingerprint density at radius 2 is 1.63 bits per heavy atom. The predicted octanol–water partition coefficient (Wildman–Crippen LogP) is 4.26. The van der Waals surface area contributed by atoms with Crippen LogP contribution in [0.25, 0.3) is 0 Å². The fraction of sp³-hybridized carbons (Fsp3) is 0.174. The van der Waals surface area contributed by atoms with Crippen LogP contribution in [0, 0.1) is 0 Å². The Labute approximate surface area is 160 Å². The van der Waals surface area contributed by atoms with Crippen LogP contribution >= 0.6 is 0 Å². The van der Waals surface area contributed by atoms with Gasteiger partial charge in [-0.2, -0.15) is 0 Å². The number of para-hydroxylation sites is 1. The maximum atomic E-state index is 12.4. The summed E-state index contributed by atoms with van der Waals surface area (Å²) in [6.45, 7) is 0.975. The van der Waals surface area contributed by atoms with E-state index >= 15 is 0 Å². The maximum Gasteiger partial charge on any atom is 0.251 e. The van der Waals surface area contributed by atoms with Gasteiger partial charge in [0.2, 0.25) is 0 Å². The molecule has 0 saturated carbocycles. The fourth-order valence-electron chi connectivity index (χ4n) is 2.66. The van der Waals surface area contributed by atoms with Gasteiger partial charge in [-0.15, -0.1) is 0 Å². The van der Waals surface area contributed by atoms with E-state index in [1.807, 2.05) is 91.8 Å². The monoisotopic (exact) mass is 360 g/mol. The van der Waals surface area contributed by atoms with Crippen molar-refractivity contribution < 1.29 is 9.53 Å². The van der Waals surface area contributed by atoms with E-state index < -0.39 is 0 Å². The number of hydrogen-bond acceptors (Lipinski definition) is 3. The van der Waals surface area contributed by atoms with Gasteiger partial charge in [-0.25, -0.2) is 0 Å². The Balaban J connectivity index is 1.53. The third-order valence-electron chi connectivity index (χ3n) is 4.24. The molecule has 0 aliphatic carbocycles. The minimum Gasteiger partial charge on any atom is -0.489 e. The number of carbonyl (C=O) groups is 1. The summed E-state index contributed by atoms with van der Waals surface area (Å²) < 4.78 is 5.72. The van der Waals surface area contributed by atoms with Gasteiger partial charge >= 0.3 is 0 Å². The van der Waals surface area contributed by atoms with Gasteiger partial charge in [0.15, 0.2) is 0 Å². The first-order chi connectivity index (χ1) is 13.1. The summed E-state index contributed by atoms with van der Waals surface area (Å²) in [5.74, 6) is 0.750. The van der Waals surface area contributed by atoms with Crippen LogP contribution in [-0.4, -0.2) is 20.0 Å². The second kappa shape index (κ2) is 8.90. The zero-order chi connectivity index (χ0) is 19.1. The third-order valence-corrected chi connectivity index (χ3v) is 4.24. The molecule has 3 aromatic rings. The zero-order valence-corrected chi connectivity index (χ0v) is 15.7. The van der Waals surface area contributed by atoms with Gasteiger partial charge in [0, 0.05) is 31.9 Å². The Kier molecular flexibility index (Phi) is 6.10. The quantitative estimate of drug-likeness (QED) is 0.684. The lowest BCUT2D eigenvalue weighted by Gasteiger charge is -2.14. The number of benzene rings is 3. The summed E-state index contributed by atoms with van der Waals surface area (Å²) in [6, 6.07) is 25.3. The first-order valence-electron chi connectivity index (χ1n) is 8.93. The molecular formula is C23H24N2O2. The van der Waals surface area contributed by atoms with E-state index in [0.717, 1.165) is 22.6 Å². The molecule has 0 fully saturated rings. The van der Waals surface area contributed by atoms with Gasteiger partial charge in [-0.3, -0.25) is 4.79 Å². The molecule has 27 heavy (non-hydrogen) atoms. The second-order valence-corrected chi connectivity index (χ2v) is 6.55. The molecule has 0 heterocycles. The minimum atomic E-state index is -0.0826. The number of nitrogens with one attached hydrogen (secondary N) is 1. The van der Waals surface area contributed by atoms with Gasteiger partial charge in [-0.05, 0) is 47.5 Å². The van der Waals surface area contributed by atoms with Gasteiger partial charge in [0.05, 0.1) is 0 Å². The van der Waals surface area contributed by atoms with Gasteiger partial charge in [0.1, 0.15) is 12.4 Å². The van der Waals surface area contributed by atoms with Crippen LogP contribution < -0.4 is 15.0 Å². The van der Waals surface area contributed by atoms with E-state index in [0.29, 0.717) is 18.7 Å². The van der Waals surface area contributed by atoms with E-state index in [1.165, 1.54) is 0 Å². The van der Waals surface area contributed by atoms with Crippen molar-refractivity contribution in [1.29, 1.82) is 0 Å². The van der Waals surface area contributed by atoms with E-state index in [4.69, 9.17) is 4.74 Å². The molecule has 4 heteroatoms. The van der Waals surface area contributed by atoms with Crippen molar-refractivity contribution in [3.05, 3.63) is 95.6 Å². The molecule has 1 N–H and O–H groups in total. The van der Waals surface area contributed by atoms with Gasteiger partial charge < -0.3 is 15.0 Å². The van der Waals surface area contributed by atoms with E-state index in [-0.39, 0.29) is 5.91 Å². The standard InChI is InChI=1S/C23H24N2O2/c1-25(2)21-8-6-7-19(15-21)16-24-23(26)20-13-11-18(12-14-20)17-27-22-9-4-3-5-10-22/h3-15H,16-17H2,1-2H3,(H,24,26). The average Bonchev–Trinajstić information content (AvgIpc) is 2.72. The van der Waals surface area contributed by atoms with Crippen LogP contribution in [0.1, 0.15) is 21.5 Å². The van der Waals surface area contributed by atoms with Crippen LogP contribution in [0.2, 0.25) is 0 Å². The number of anilines is 1. The number of hydrogen-bond donors (Lipinski definition) is 1. The average molecular weight is 360 g/mol. The highest BCUT2D eigenvalue weighted by atomic mass is 16.5. The molecule has 0 bridgehead atoms. The zero-order valence-electron chi connectivity index (χ0n) is 15.7. The molecule has 0 radical (unpaired) electrons. The summed E-state index contributed by atoms with van der Waals surface area (Å²) in [4.78, 5) is 14.4. The maximum absolute atomic E-state index is 12.4. The minimum absolute atomic E-state index is 0.0826. The fourth-order valence-corrected chi connectivity index (χ4v) is 2.66. The SMILES string of the molecule is CN(C)c1cccc(CNC(=O)c2ccc(COc3ccccc3)cc2)c1. The van der Waals surface area contributed by atoms with Crippen molar-refractivity contribution in [2.75, 3.05) is 19.0 Å². The number of nitrogens with zero attached hydrogens (tertiary/aromatic N) is 1. The molecule has 138 valence electrons. The van der Waals surface area contributed by atoms with E-state index in [9.17, 15) is 4.79 Å². The topological polar surface area (TPSA) is 41.6 Å². The molecule has 3 aromatic carbocycles. The molecular weight excluding hydrogens is 336 g/mol. The molecule has 0 unspecified atom stereocenters. The lowest BCUT2D eigenvalue weighted by molar-refractivity contribution is 0.0951. The lowest BCUT2D eigenvalue weighted by Crippen LogP contribution is -2.23. The number of ether oxygens (including phenoxy) is 1.